The van der Waals surface area contributed by atoms with Crippen LogP contribution in [0.4, 0.5) is 4.39 Å². The van der Waals surface area contributed by atoms with Gasteiger partial charge in [-0.2, -0.15) is 5.10 Å². The predicted octanol–water partition coefficient (Wildman–Crippen LogP) is 4.89. The van der Waals surface area contributed by atoms with Crippen LogP contribution in [-0.4, -0.2) is 65.1 Å². The van der Waals surface area contributed by atoms with E-state index in [1.165, 1.54) is 0 Å². The summed E-state index contributed by atoms with van der Waals surface area (Å²) in [5, 5.41) is 13.9. The van der Waals surface area contributed by atoms with Crippen LogP contribution in [0.1, 0.15) is 77.8 Å². The number of fused-ring (bicyclic) bond motifs is 2. The lowest BCUT2D eigenvalue weighted by molar-refractivity contribution is -0.144. The number of pyridine rings is 1. The van der Waals surface area contributed by atoms with E-state index in [-0.39, 0.29) is 24.2 Å². The molecule has 1 N–H and O–H groups in total. The zero-order valence-electron chi connectivity index (χ0n) is 25.6. The Labute approximate surface area is 260 Å². The number of piperidine rings is 1. The third-order valence-corrected chi connectivity index (χ3v) is 9.69. The summed E-state index contributed by atoms with van der Waals surface area (Å²) < 4.78 is 20.9. The van der Waals surface area contributed by atoms with Crippen LogP contribution in [0.25, 0.3) is 22.0 Å². The van der Waals surface area contributed by atoms with E-state index >= 15 is 4.39 Å². The summed E-state index contributed by atoms with van der Waals surface area (Å²) in [6.07, 6.45) is 8.99. The highest BCUT2D eigenvalue weighted by Crippen LogP contribution is 2.43. The number of hydrogen-bond acceptors (Lipinski definition) is 5. The number of aliphatic carboxylic acids is 1. The molecule has 0 spiro atoms. The zero-order chi connectivity index (χ0) is 31.4. The van der Waals surface area contributed by atoms with Gasteiger partial charge in [-0.3, -0.25) is 24.0 Å². The van der Waals surface area contributed by atoms with Crippen LogP contribution in [0.3, 0.4) is 0 Å². The highest BCUT2D eigenvalue weighted by atomic mass is 19.1. The summed E-state index contributed by atoms with van der Waals surface area (Å²) >= 11 is 0. The number of carbonyl (C=O) groups is 3. The molecule has 0 radical (unpaired) electrons. The second-order valence-corrected chi connectivity index (χ2v) is 12.7. The number of hydrogen-bond donors (Lipinski definition) is 1. The van der Waals surface area contributed by atoms with Crippen LogP contribution in [0.15, 0.2) is 36.8 Å². The standard InChI is InChI=1S/C34H37FN6O4/c1-3-21-14-36-9-8-25(21)26-11-23(34(45)40-18-24-15-37-38(2)28(24)19-40)12-27-31(35)32(41(33(26)27)16-20-6-7-20)22-5-4-10-39(17-22)29(42)13-30(43)44/h8-9,11-12,14-15,20,22H,3-7,10,13,16-19H2,1-2H3,(H,43,44)/t22-/m1/s1. The molecule has 10 nitrogen and oxygen atoms in total. The first kappa shape index (κ1) is 29.2. The van der Waals surface area contributed by atoms with Gasteiger partial charge in [0.1, 0.15) is 6.42 Å². The Hall–Kier alpha value is -4.54. The van der Waals surface area contributed by atoms with Crippen molar-refractivity contribution in [3.63, 3.8) is 0 Å². The van der Waals surface area contributed by atoms with Crippen molar-refractivity contribution in [2.75, 3.05) is 13.1 Å². The molecular weight excluding hydrogens is 575 g/mol. The Kier molecular flexibility index (Phi) is 7.41. The van der Waals surface area contributed by atoms with Crippen LogP contribution in [0, 0.1) is 11.7 Å². The number of aromatic nitrogens is 4. The van der Waals surface area contributed by atoms with Crippen molar-refractivity contribution >= 4 is 28.7 Å². The highest BCUT2D eigenvalue weighted by molar-refractivity contribution is 6.05. The maximum absolute atomic E-state index is 17.0. The minimum absolute atomic E-state index is 0.166. The van der Waals surface area contributed by atoms with Crippen molar-refractivity contribution in [3.8, 4) is 11.1 Å². The van der Waals surface area contributed by atoms with Crippen LogP contribution in [0.5, 0.6) is 0 Å². The quantitative estimate of drug-likeness (QED) is 0.284. The molecule has 2 amide bonds. The minimum Gasteiger partial charge on any atom is -0.481 e. The Morgan fingerprint density at radius 2 is 1.89 bits per heavy atom. The fraction of sp³-hybridized carbons (Fsp3) is 0.441. The predicted molar refractivity (Wildman–Crippen MR) is 165 cm³/mol. The average Bonchev–Trinajstić information content (AvgIpc) is 3.55. The maximum atomic E-state index is 17.0. The van der Waals surface area contributed by atoms with Crippen molar-refractivity contribution in [2.45, 2.75) is 71.0 Å². The highest BCUT2D eigenvalue weighted by Gasteiger charge is 2.35. The smallest absolute Gasteiger partial charge is 0.312 e. The van der Waals surface area contributed by atoms with Gasteiger partial charge in [0.05, 0.1) is 29.6 Å². The lowest BCUT2D eigenvalue weighted by Gasteiger charge is -2.33. The van der Waals surface area contributed by atoms with Gasteiger partial charge in [-0.05, 0) is 67.3 Å². The second-order valence-electron chi connectivity index (χ2n) is 12.7. The van der Waals surface area contributed by atoms with E-state index in [2.05, 4.69) is 21.6 Å². The molecular formula is C34H37FN6O4. The molecule has 1 saturated heterocycles. The molecule has 2 aliphatic heterocycles. The maximum Gasteiger partial charge on any atom is 0.312 e. The molecule has 7 rings (SSSR count). The van der Waals surface area contributed by atoms with Crippen LogP contribution < -0.4 is 0 Å². The molecule has 45 heavy (non-hydrogen) atoms. The number of amides is 2. The van der Waals surface area contributed by atoms with Crippen LogP contribution in [0.2, 0.25) is 0 Å². The van der Waals surface area contributed by atoms with Gasteiger partial charge >= 0.3 is 5.97 Å². The Balaban J connectivity index is 1.38. The van der Waals surface area contributed by atoms with Gasteiger partial charge in [0.2, 0.25) is 5.91 Å². The van der Waals surface area contributed by atoms with Crippen molar-refractivity contribution < 1.29 is 23.9 Å². The number of aryl methyl sites for hydroxylation is 2. The van der Waals surface area contributed by atoms with E-state index in [0.29, 0.717) is 61.6 Å². The SMILES string of the molecule is CCc1cnccc1-c1cc(C(=O)N2Cc3cnn(C)c3C2)cc2c(F)c([C@@H]3CCCN(C(=O)CC(=O)O)C3)n(CC3CC3)c12. The van der Waals surface area contributed by atoms with Gasteiger partial charge in [0, 0.05) is 73.6 Å². The van der Waals surface area contributed by atoms with Gasteiger partial charge in [-0.1, -0.05) is 6.92 Å². The van der Waals surface area contributed by atoms with Gasteiger partial charge in [0.25, 0.3) is 5.91 Å². The van der Waals surface area contributed by atoms with Gasteiger partial charge < -0.3 is 19.5 Å². The molecule has 234 valence electrons. The Morgan fingerprint density at radius 1 is 1.07 bits per heavy atom. The summed E-state index contributed by atoms with van der Waals surface area (Å²) in [7, 11) is 1.87. The monoisotopic (exact) mass is 612 g/mol. The number of halogens is 1. The second kappa shape index (κ2) is 11.4. The first-order chi connectivity index (χ1) is 21.7. The summed E-state index contributed by atoms with van der Waals surface area (Å²) in [6, 6.07) is 5.56. The Bertz CT molecular complexity index is 1840. The third-order valence-electron chi connectivity index (χ3n) is 9.69. The normalized spacial score (nSPS) is 18.1. The first-order valence-corrected chi connectivity index (χ1v) is 15.8. The molecule has 11 heteroatoms. The molecule has 4 aromatic rings. The summed E-state index contributed by atoms with van der Waals surface area (Å²) in [6.45, 7) is 4.32. The molecule has 0 unspecified atom stereocenters. The van der Waals surface area contributed by atoms with Crippen molar-refractivity contribution in [1.82, 2.24) is 29.1 Å². The van der Waals surface area contributed by atoms with E-state index in [1.54, 1.807) is 32.9 Å². The van der Waals surface area contributed by atoms with E-state index in [0.717, 1.165) is 52.7 Å². The number of carboxylic acids is 1. The van der Waals surface area contributed by atoms with E-state index in [9.17, 15) is 19.5 Å². The molecule has 3 aliphatic rings. The molecule has 1 atom stereocenters. The van der Waals surface area contributed by atoms with Gasteiger partial charge in [-0.25, -0.2) is 4.39 Å². The zero-order valence-corrected chi connectivity index (χ0v) is 25.6. The van der Waals surface area contributed by atoms with Crippen molar-refractivity contribution in [1.29, 1.82) is 0 Å². The topological polar surface area (TPSA) is 114 Å². The van der Waals surface area contributed by atoms with Gasteiger partial charge in [0.15, 0.2) is 5.82 Å². The molecule has 2 fully saturated rings. The molecule has 3 aromatic heterocycles. The lowest BCUT2D eigenvalue weighted by Crippen LogP contribution is -2.40. The fourth-order valence-corrected chi connectivity index (χ4v) is 7.20. The number of carboxylic acid groups (broad SMARTS) is 1. The number of rotatable bonds is 8. The lowest BCUT2D eigenvalue weighted by atomic mass is 9.93. The van der Waals surface area contributed by atoms with Crippen molar-refractivity contribution in [3.05, 3.63) is 70.7 Å². The molecule has 1 saturated carbocycles. The van der Waals surface area contributed by atoms with E-state index in [4.69, 9.17) is 0 Å². The van der Waals surface area contributed by atoms with Crippen molar-refractivity contribution in [2.24, 2.45) is 13.0 Å². The molecule has 1 aliphatic carbocycles. The molecule has 5 heterocycles. The third kappa shape index (κ3) is 5.27. The van der Waals surface area contributed by atoms with Crippen LogP contribution in [-0.2, 0) is 42.7 Å². The summed E-state index contributed by atoms with van der Waals surface area (Å²) in [5.74, 6) is -2.00. The Morgan fingerprint density at radius 3 is 2.62 bits per heavy atom. The fourth-order valence-electron chi connectivity index (χ4n) is 7.20. The van der Waals surface area contributed by atoms with E-state index in [1.807, 2.05) is 25.4 Å². The number of likely N-dealkylation sites (tertiary alicyclic amines) is 1. The number of carbonyl (C=O) groups excluding carboxylic acids is 2. The van der Waals surface area contributed by atoms with Crippen LogP contribution >= 0.6 is 0 Å². The molecule has 0 bridgehead atoms. The summed E-state index contributed by atoms with van der Waals surface area (Å²) in [5.41, 5.74) is 6.46. The summed E-state index contributed by atoms with van der Waals surface area (Å²) in [4.78, 5) is 45.8. The van der Waals surface area contributed by atoms with Gasteiger partial charge in [-0.15, -0.1) is 0 Å². The average molecular weight is 613 g/mol. The number of benzene rings is 1. The minimum atomic E-state index is -1.17. The first-order valence-electron chi connectivity index (χ1n) is 15.8. The van der Waals surface area contributed by atoms with E-state index < -0.39 is 18.3 Å². The largest absolute Gasteiger partial charge is 0.481 e. The number of nitrogens with zero attached hydrogens (tertiary/aromatic N) is 6. The molecule has 1 aromatic carbocycles.